The molecule has 2 aromatic carbocycles. The number of rotatable bonds is 7. The van der Waals surface area contributed by atoms with Crippen LogP contribution in [0.15, 0.2) is 42.5 Å². The van der Waals surface area contributed by atoms with Crippen molar-refractivity contribution in [2.45, 2.75) is 32.4 Å². The first-order chi connectivity index (χ1) is 12.9. The molecule has 0 saturated carbocycles. The number of benzene rings is 2. The Bertz CT molecular complexity index is 792. The Morgan fingerprint density at radius 2 is 1.70 bits per heavy atom. The number of hydrogen-bond acceptors (Lipinski definition) is 2. The van der Waals surface area contributed by atoms with E-state index in [0.29, 0.717) is 22.0 Å². The zero-order chi connectivity index (χ0) is 20.0. The third-order valence-electron chi connectivity index (χ3n) is 4.29. The molecule has 0 aliphatic rings. The van der Waals surface area contributed by atoms with Crippen molar-refractivity contribution in [2.24, 2.45) is 0 Å². The Balaban J connectivity index is 2.33. The molecule has 2 aromatic rings. The third kappa shape index (κ3) is 5.44. The van der Waals surface area contributed by atoms with Gasteiger partial charge in [-0.1, -0.05) is 48.3 Å². The van der Waals surface area contributed by atoms with E-state index < -0.39 is 6.04 Å². The maximum Gasteiger partial charge on any atom is 0.242 e. The summed E-state index contributed by atoms with van der Waals surface area (Å²) in [7, 11) is 1.52. The summed E-state index contributed by atoms with van der Waals surface area (Å²) in [5, 5.41) is 3.38. The molecule has 0 aliphatic heterocycles. The van der Waals surface area contributed by atoms with Crippen LogP contribution in [-0.4, -0.2) is 29.8 Å². The lowest BCUT2D eigenvalue weighted by Gasteiger charge is -2.30. The van der Waals surface area contributed by atoms with Crippen LogP contribution in [-0.2, 0) is 22.6 Å². The van der Waals surface area contributed by atoms with Crippen LogP contribution in [0.1, 0.15) is 24.5 Å². The van der Waals surface area contributed by atoms with Gasteiger partial charge in [0, 0.05) is 23.6 Å². The fourth-order valence-electron chi connectivity index (χ4n) is 2.83. The molecule has 0 aliphatic carbocycles. The summed E-state index contributed by atoms with van der Waals surface area (Å²) in [4.78, 5) is 26.8. The van der Waals surface area contributed by atoms with Crippen molar-refractivity contribution >= 4 is 35.0 Å². The summed E-state index contributed by atoms with van der Waals surface area (Å²) >= 11 is 12.4. The van der Waals surface area contributed by atoms with Crippen LogP contribution in [0.2, 0.25) is 10.0 Å². The van der Waals surface area contributed by atoms with Crippen molar-refractivity contribution in [2.75, 3.05) is 7.05 Å². The molecule has 0 fully saturated rings. The van der Waals surface area contributed by atoms with E-state index in [1.54, 1.807) is 30.3 Å². The molecular formula is C20H21Cl2FN2O2. The van der Waals surface area contributed by atoms with Crippen molar-refractivity contribution in [3.8, 4) is 0 Å². The van der Waals surface area contributed by atoms with E-state index in [0.717, 1.165) is 5.56 Å². The predicted molar refractivity (Wildman–Crippen MR) is 105 cm³/mol. The van der Waals surface area contributed by atoms with Crippen LogP contribution < -0.4 is 5.32 Å². The summed E-state index contributed by atoms with van der Waals surface area (Å²) in [6, 6.07) is 10.2. The monoisotopic (exact) mass is 410 g/mol. The number of likely N-dealkylation sites (N-methyl/N-ethyl adjacent to an activating group) is 1. The molecule has 0 aromatic heterocycles. The third-order valence-corrected chi connectivity index (χ3v) is 5.00. The smallest absolute Gasteiger partial charge is 0.242 e. The van der Waals surface area contributed by atoms with Gasteiger partial charge in [-0.15, -0.1) is 0 Å². The predicted octanol–water partition coefficient (Wildman–Crippen LogP) is 4.23. The van der Waals surface area contributed by atoms with E-state index in [4.69, 9.17) is 23.2 Å². The van der Waals surface area contributed by atoms with Crippen molar-refractivity contribution in [1.29, 1.82) is 0 Å². The zero-order valence-electron chi connectivity index (χ0n) is 15.1. The molecule has 7 heteroatoms. The lowest BCUT2D eigenvalue weighted by molar-refractivity contribution is -0.140. The number of amides is 2. The van der Waals surface area contributed by atoms with Crippen LogP contribution in [0.5, 0.6) is 0 Å². The molecule has 144 valence electrons. The molecule has 0 unspecified atom stereocenters. The fourth-order valence-corrected chi connectivity index (χ4v) is 3.36. The van der Waals surface area contributed by atoms with Gasteiger partial charge in [-0.25, -0.2) is 4.39 Å². The minimum atomic E-state index is -0.659. The lowest BCUT2D eigenvalue weighted by Crippen LogP contribution is -2.48. The van der Waals surface area contributed by atoms with Gasteiger partial charge in [-0.3, -0.25) is 9.59 Å². The van der Waals surface area contributed by atoms with E-state index in [9.17, 15) is 14.0 Å². The fraction of sp³-hybridized carbons (Fsp3) is 0.300. The number of nitrogens with one attached hydrogen (secondary N) is 1. The van der Waals surface area contributed by atoms with Gasteiger partial charge in [0.2, 0.25) is 11.8 Å². The van der Waals surface area contributed by atoms with Gasteiger partial charge in [0.25, 0.3) is 0 Å². The average Bonchev–Trinajstić information content (AvgIpc) is 2.65. The van der Waals surface area contributed by atoms with Crippen LogP contribution in [0.25, 0.3) is 0 Å². The van der Waals surface area contributed by atoms with Crippen molar-refractivity contribution in [3.05, 3.63) is 69.5 Å². The molecule has 27 heavy (non-hydrogen) atoms. The Morgan fingerprint density at radius 3 is 2.22 bits per heavy atom. The summed E-state index contributed by atoms with van der Waals surface area (Å²) < 4.78 is 13.2. The molecule has 0 saturated heterocycles. The minimum absolute atomic E-state index is 0.0345. The number of carbonyl (C=O) groups is 2. The summed E-state index contributed by atoms with van der Waals surface area (Å²) in [5.74, 6) is -0.916. The van der Waals surface area contributed by atoms with Gasteiger partial charge in [-0.05, 0) is 41.8 Å². The summed E-state index contributed by atoms with van der Waals surface area (Å²) in [6.07, 6.45) is 0.399. The molecule has 0 bridgehead atoms. The first-order valence-electron chi connectivity index (χ1n) is 8.55. The van der Waals surface area contributed by atoms with Gasteiger partial charge >= 0.3 is 0 Å². The summed E-state index contributed by atoms with van der Waals surface area (Å²) in [5.41, 5.74) is 1.24. The van der Waals surface area contributed by atoms with E-state index in [1.807, 2.05) is 6.92 Å². The largest absolute Gasteiger partial charge is 0.357 e. The van der Waals surface area contributed by atoms with E-state index in [2.05, 4.69) is 5.32 Å². The summed E-state index contributed by atoms with van der Waals surface area (Å²) in [6.45, 7) is 2.00. The van der Waals surface area contributed by atoms with Crippen LogP contribution in [0.3, 0.4) is 0 Å². The zero-order valence-corrected chi connectivity index (χ0v) is 16.6. The molecule has 1 atom stereocenters. The van der Waals surface area contributed by atoms with Gasteiger partial charge in [0.15, 0.2) is 0 Å². The maximum absolute atomic E-state index is 13.2. The van der Waals surface area contributed by atoms with Crippen molar-refractivity contribution < 1.29 is 14.0 Å². The van der Waals surface area contributed by atoms with Gasteiger partial charge in [-0.2, -0.15) is 0 Å². The topological polar surface area (TPSA) is 49.4 Å². The van der Waals surface area contributed by atoms with E-state index in [-0.39, 0.29) is 30.6 Å². The number of halogens is 3. The Labute approximate surface area is 168 Å². The Kier molecular flexibility index (Phi) is 7.63. The van der Waals surface area contributed by atoms with Gasteiger partial charge < -0.3 is 10.2 Å². The van der Waals surface area contributed by atoms with Crippen LogP contribution in [0.4, 0.5) is 4.39 Å². The molecule has 4 nitrogen and oxygen atoms in total. The quantitative estimate of drug-likeness (QED) is 0.742. The number of nitrogens with zero attached hydrogens (tertiary/aromatic N) is 1. The minimum Gasteiger partial charge on any atom is -0.357 e. The van der Waals surface area contributed by atoms with Crippen LogP contribution >= 0.6 is 23.2 Å². The highest BCUT2D eigenvalue weighted by Gasteiger charge is 2.28. The molecule has 0 heterocycles. The Hall–Kier alpha value is -2.11. The lowest BCUT2D eigenvalue weighted by atomic mass is 10.1. The SMILES string of the molecule is CC[C@H](C(=O)NC)N(Cc1ccc(F)cc1)C(=O)Cc1c(Cl)cccc1Cl. The molecule has 2 amide bonds. The molecule has 0 spiro atoms. The average molecular weight is 411 g/mol. The molecule has 2 rings (SSSR count). The highest BCUT2D eigenvalue weighted by atomic mass is 35.5. The standard InChI is InChI=1S/C20H21Cl2FN2O2/c1-3-18(20(27)24-2)25(12-13-7-9-14(23)10-8-13)19(26)11-15-16(21)5-4-6-17(15)22/h4-10,18H,3,11-12H2,1-2H3,(H,24,27)/t18-/m1/s1. The Morgan fingerprint density at radius 1 is 1.11 bits per heavy atom. The number of carbonyl (C=O) groups excluding carboxylic acids is 2. The number of hydrogen-bond donors (Lipinski definition) is 1. The second kappa shape index (κ2) is 9.72. The first kappa shape index (κ1) is 21.2. The van der Waals surface area contributed by atoms with Gasteiger partial charge in [0.05, 0.1) is 6.42 Å². The maximum atomic E-state index is 13.2. The normalized spacial score (nSPS) is 11.7. The van der Waals surface area contributed by atoms with Crippen molar-refractivity contribution in [1.82, 2.24) is 10.2 Å². The highest BCUT2D eigenvalue weighted by Crippen LogP contribution is 2.26. The van der Waals surface area contributed by atoms with Gasteiger partial charge in [0.1, 0.15) is 11.9 Å². The highest BCUT2D eigenvalue weighted by molar-refractivity contribution is 6.36. The first-order valence-corrected chi connectivity index (χ1v) is 9.31. The molecule has 0 radical (unpaired) electrons. The van der Waals surface area contributed by atoms with E-state index in [1.165, 1.54) is 24.1 Å². The second-order valence-electron chi connectivity index (χ2n) is 6.06. The van der Waals surface area contributed by atoms with Crippen LogP contribution in [0, 0.1) is 5.82 Å². The molecule has 1 N–H and O–H groups in total. The second-order valence-corrected chi connectivity index (χ2v) is 6.88. The molecular weight excluding hydrogens is 390 g/mol. The van der Waals surface area contributed by atoms with Crippen molar-refractivity contribution in [3.63, 3.8) is 0 Å². The van der Waals surface area contributed by atoms with E-state index >= 15 is 0 Å².